The van der Waals surface area contributed by atoms with Crippen LogP contribution in [0.4, 0.5) is 0 Å². The Morgan fingerprint density at radius 2 is 1.45 bits per heavy atom. The Bertz CT molecular complexity index is 1140. The molecule has 3 rings (SSSR count). The summed E-state index contributed by atoms with van der Waals surface area (Å²) in [6.45, 7) is -0.432. The van der Waals surface area contributed by atoms with Crippen molar-refractivity contribution in [1.82, 2.24) is 15.5 Å². The molecule has 0 aromatic heterocycles. The van der Waals surface area contributed by atoms with Gasteiger partial charge in [0.1, 0.15) is 29.6 Å². The van der Waals surface area contributed by atoms with E-state index >= 15 is 0 Å². The molecule has 0 saturated carbocycles. The highest BCUT2D eigenvalue weighted by atomic mass is 16.3. The minimum absolute atomic E-state index is 0.0424. The van der Waals surface area contributed by atoms with Crippen LogP contribution >= 0.6 is 0 Å². The van der Waals surface area contributed by atoms with Gasteiger partial charge in [0.05, 0.1) is 12.6 Å². The number of rotatable bonds is 11. The standard InChI is InChI=1S/C26H33N5O7/c27-19(12-15-3-7-17(33)8-4-15)24(36)29-20(13-16-5-9-18(34)10-6-16)26(38)31-11-1-2-22(31)25(37)30-21(14-32)23(28)35/h3-10,19-22,32-34H,1-2,11-14,27H2,(H2,28,35)(H,29,36)(H,30,37)/t19-,20-,21-,22-/m0/s1. The summed E-state index contributed by atoms with van der Waals surface area (Å²) >= 11 is 0. The first-order chi connectivity index (χ1) is 18.1. The number of phenolic OH excluding ortho intramolecular Hbond substituents is 2. The second-order valence-corrected chi connectivity index (χ2v) is 9.24. The van der Waals surface area contributed by atoms with Crippen molar-refractivity contribution in [2.45, 2.75) is 49.9 Å². The van der Waals surface area contributed by atoms with Gasteiger partial charge >= 0.3 is 0 Å². The number of phenols is 2. The lowest BCUT2D eigenvalue weighted by Crippen LogP contribution is -2.58. The number of nitrogens with two attached hydrogens (primary N) is 2. The first kappa shape index (κ1) is 28.4. The van der Waals surface area contributed by atoms with Gasteiger partial charge in [-0.3, -0.25) is 19.2 Å². The zero-order valence-corrected chi connectivity index (χ0v) is 20.7. The van der Waals surface area contributed by atoms with E-state index < -0.39 is 54.4 Å². The normalized spacial score (nSPS) is 17.3. The second kappa shape index (κ2) is 12.9. The van der Waals surface area contributed by atoms with Crippen LogP contribution in [0.3, 0.4) is 0 Å². The molecule has 9 N–H and O–H groups in total. The average molecular weight is 528 g/mol. The molecule has 1 aliphatic heterocycles. The summed E-state index contributed by atoms with van der Waals surface area (Å²) in [6.07, 6.45) is 1.08. The van der Waals surface area contributed by atoms with Crippen LogP contribution in [0.5, 0.6) is 11.5 Å². The Morgan fingerprint density at radius 1 is 0.895 bits per heavy atom. The van der Waals surface area contributed by atoms with Crippen molar-refractivity contribution in [3.05, 3.63) is 59.7 Å². The largest absolute Gasteiger partial charge is 0.508 e. The third-order valence-corrected chi connectivity index (χ3v) is 6.40. The van der Waals surface area contributed by atoms with Gasteiger partial charge in [-0.1, -0.05) is 24.3 Å². The summed E-state index contributed by atoms with van der Waals surface area (Å²) in [4.78, 5) is 52.3. The summed E-state index contributed by atoms with van der Waals surface area (Å²) in [5, 5.41) is 33.5. The fourth-order valence-corrected chi connectivity index (χ4v) is 4.30. The lowest BCUT2D eigenvalue weighted by molar-refractivity contribution is -0.142. The van der Waals surface area contributed by atoms with Gasteiger partial charge in [0.2, 0.25) is 23.6 Å². The quantitative estimate of drug-likeness (QED) is 0.185. The van der Waals surface area contributed by atoms with Crippen LogP contribution in [0.1, 0.15) is 24.0 Å². The lowest BCUT2D eigenvalue weighted by Gasteiger charge is -2.30. The molecule has 0 spiro atoms. The minimum Gasteiger partial charge on any atom is -0.508 e. The number of hydrogen-bond donors (Lipinski definition) is 7. The van der Waals surface area contributed by atoms with Gasteiger partial charge in [0.25, 0.3) is 0 Å². The van der Waals surface area contributed by atoms with Crippen LogP contribution in [-0.4, -0.2) is 81.2 Å². The van der Waals surface area contributed by atoms with Crippen LogP contribution in [0.15, 0.2) is 48.5 Å². The molecule has 1 fully saturated rings. The van der Waals surface area contributed by atoms with E-state index in [-0.39, 0.29) is 30.9 Å². The Hall–Kier alpha value is -4.16. The van der Waals surface area contributed by atoms with E-state index in [9.17, 15) is 34.5 Å². The topological polar surface area (TPSA) is 208 Å². The van der Waals surface area contributed by atoms with Crippen LogP contribution in [0, 0.1) is 0 Å². The number of nitrogens with zero attached hydrogens (tertiary/aromatic N) is 1. The summed E-state index contributed by atoms with van der Waals surface area (Å²) in [5.41, 5.74) is 12.7. The van der Waals surface area contributed by atoms with Crippen LogP contribution in [0.2, 0.25) is 0 Å². The smallest absolute Gasteiger partial charge is 0.246 e. The third-order valence-electron chi connectivity index (χ3n) is 6.40. The van der Waals surface area contributed by atoms with E-state index in [0.717, 1.165) is 5.56 Å². The molecule has 2 aromatic rings. The van der Waals surface area contributed by atoms with Crippen molar-refractivity contribution in [1.29, 1.82) is 0 Å². The van der Waals surface area contributed by atoms with Crippen LogP contribution in [0.25, 0.3) is 0 Å². The van der Waals surface area contributed by atoms with Gasteiger partial charge in [0.15, 0.2) is 0 Å². The highest BCUT2D eigenvalue weighted by Crippen LogP contribution is 2.21. The van der Waals surface area contributed by atoms with Gasteiger partial charge in [-0.25, -0.2) is 0 Å². The second-order valence-electron chi connectivity index (χ2n) is 9.24. The Morgan fingerprint density at radius 3 is 1.97 bits per heavy atom. The lowest BCUT2D eigenvalue weighted by atomic mass is 10.0. The van der Waals surface area contributed by atoms with Crippen LogP contribution in [-0.2, 0) is 32.0 Å². The molecule has 1 heterocycles. The Kier molecular flexibility index (Phi) is 9.63. The number of aromatic hydroxyl groups is 2. The molecule has 0 unspecified atom stereocenters. The van der Waals surface area contributed by atoms with Crippen molar-refractivity contribution in [3.8, 4) is 11.5 Å². The number of carbonyl (C=O) groups is 4. The number of amides is 4. The van der Waals surface area contributed by atoms with Crippen molar-refractivity contribution in [3.63, 3.8) is 0 Å². The van der Waals surface area contributed by atoms with E-state index in [1.165, 1.54) is 29.2 Å². The molecule has 0 bridgehead atoms. The van der Waals surface area contributed by atoms with E-state index in [0.29, 0.717) is 18.4 Å². The van der Waals surface area contributed by atoms with Crippen molar-refractivity contribution < 1.29 is 34.5 Å². The molecule has 1 aliphatic rings. The van der Waals surface area contributed by atoms with Gasteiger partial charge in [0, 0.05) is 13.0 Å². The molecule has 4 atom stereocenters. The SMILES string of the molecule is NC(=O)[C@H](CO)NC(=O)[C@@H]1CCCN1C(=O)[C@H](Cc1ccc(O)cc1)NC(=O)[C@@H](N)Cc1ccc(O)cc1. The number of carbonyl (C=O) groups excluding carboxylic acids is 4. The number of benzene rings is 2. The fourth-order valence-electron chi connectivity index (χ4n) is 4.30. The summed E-state index contributed by atoms with van der Waals surface area (Å²) in [7, 11) is 0. The zero-order valence-electron chi connectivity index (χ0n) is 20.7. The number of aliphatic hydroxyl groups excluding tert-OH is 1. The predicted molar refractivity (Wildman–Crippen MR) is 136 cm³/mol. The molecule has 204 valence electrons. The van der Waals surface area contributed by atoms with Gasteiger partial charge in [-0.2, -0.15) is 0 Å². The van der Waals surface area contributed by atoms with Crippen LogP contribution < -0.4 is 22.1 Å². The molecule has 38 heavy (non-hydrogen) atoms. The number of nitrogens with one attached hydrogen (secondary N) is 2. The van der Waals surface area contributed by atoms with Crippen molar-refractivity contribution in [2.75, 3.05) is 13.2 Å². The van der Waals surface area contributed by atoms with Crippen molar-refractivity contribution >= 4 is 23.6 Å². The molecular formula is C26H33N5O7. The zero-order chi connectivity index (χ0) is 27.8. The van der Waals surface area contributed by atoms with E-state index in [4.69, 9.17) is 11.5 Å². The number of primary amides is 1. The number of likely N-dealkylation sites (tertiary alicyclic amines) is 1. The molecule has 2 aromatic carbocycles. The molecule has 4 amide bonds. The van der Waals surface area contributed by atoms with Gasteiger partial charge in [-0.05, 0) is 54.7 Å². The predicted octanol–water partition coefficient (Wildman–Crippen LogP) is -1.35. The van der Waals surface area contributed by atoms with Gasteiger partial charge < -0.3 is 42.3 Å². The fraction of sp³-hybridized carbons (Fsp3) is 0.385. The Labute approximate surface area is 219 Å². The molecule has 0 aliphatic carbocycles. The summed E-state index contributed by atoms with van der Waals surface area (Å²) in [6, 6.07) is 8.12. The van der Waals surface area contributed by atoms with E-state index in [2.05, 4.69) is 10.6 Å². The molecule has 0 radical (unpaired) electrons. The van der Waals surface area contributed by atoms with E-state index in [1.807, 2.05) is 0 Å². The number of aliphatic hydroxyl groups is 1. The monoisotopic (exact) mass is 527 g/mol. The molecule has 1 saturated heterocycles. The maximum absolute atomic E-state index is 13.6. The van der Waals surface area contributed by atoms with E-state index in [1.54, 1.807) is 24.3 Å². The first-order valence-corrected chi connectivity index (χ1v) is 12.2. The maximum atomic E-state index is 13.6. The highest BCUT2D eigenvalue weighted by Gasteiger charge is 2.39. The van der Waals surface area contributed by atoms with Crippen molar-refractivity contribution in [2.24, 2.45) is 11.5 Å². The highest BCUT2D eigenvalue weighted by molar-refractivity contribution is 5.95. The average Bonchev–Trinajstić information content (AvgIpc) is 3.39. The third kappa shape index (κ3) is 7.43. The maximum Gasteiger partial charge on any atom is 0.246 e. The Balaban J connectivity index is 1.77. The summed E-state index contributed by atoms with van der Waals surface area (Å²) in [5.74, 6) is -2.51. The number of hydrogen-bond acceptors (Lipinski definition) is 8. The first-order valence-electron chi connectivity index (χ1n) is 12.2. The molecule has 12 heteroatoms. The summed E-state index contributed by atoms with van der Waals surface area (Å²) < 4.78 is 0. The molecule has 12 nitrogen and oxygen atoms in total. The van der Waals surface area contributed by atoms with Gasteiger partial charge in [-0.15, -0.1) is 0 Å². The molecular weight excluding hydrogens is 494 g/mol. The minimum atomic E-state index is -1.29.